The van der Waals surface area contributed by atoms with Gasteiger partial charge in [-0.3, -0.25) is 4.90 Å². The van der Waals surface area contributed by atoms with Crippen LogP contribution in [-0.2, 0) is 0 Å². The predicted molar refractivity (Wildman–Crippen MR) is 65.2 cm³/mol. The third-order valence-corrected chi connectivity index (χ3v) is 4.50. The third kappa shape index (κ3) is 2.99. The molecular weight excluding hydrogens is 241 g/mol. The van der Waals surface area contributed by atoms with E-state index in [-0.39, 0.29) is 19.0 Å². The van der Waals surface area contributed by atoms with Gasteiger partial charge in [0.15, 0.2) is 0 Å². The summed E-state index contributed by atoms with van der Waals surface area (Å²) in [4.78, 5) is 1.72. The van der Waals surface area contributed by atoms with Crippen molar-refractivity contribution in [3.8, 4) is 0 Å². The number of likely N-dealkylation sites (tertiary alicyclic amines) is 1. The van der Waals surface area contributed by atoms with E-state index < -0.39 is 12.2 Å². The molecule has 0 radical (unpaired) electrons. The van der Waals surface area contributed by atoms with Crippen molar-refractivity contribution in [3.05, 3.63) is 0 Å². The Morgan fingerprint density at radius 2 is 1.78 bits per heavy atom. The van der Waals surface area contributed by atoms with E-state index >= 15 is 0 Å². The fraction of sp³-hybridized carbons (Fsp3) is 1.00. The van der Waals surface area contributed by atoms with Crippen LogP contribution in [0.3, 0.4) is 0 Å². The van der Waals surface area contributed by atoms with Crippen LogP contribution in [0.2, 0.25) is 0 Å². The molecule has 1 saturated heterocycles. The molecule has 2 fully saturated rings. The molecule has 2 aliphatic rings. The van der Waals surface area contributed by atoms with E-state index in [4.69, 9.17) is 5.73 Å². The van der Waals surface area contributed by atoms with Crippen molar-refractivity contribution in [1.82, 2.24) is 4.90 Å². The number of alkyl halides is 3. The highest BCUT2D eigenvalue weighted by Gasteiger charge is 2.47. The van der Waals surface area contributed by atoms with E-state index in [2.05, 4.69) is 0 Å². The van der Waals surface area contributed by atoms with Gasteiger partial charge in [-0.2, -0.15) is 13.2 Å². The summed E-state index contributed by atoms with van der Waals surface area (Å²) in [7, 11) is 0. The lowest BCUT2D eigenvalue weighted by atomic mass is 9.77. The van der Waals surface area contributed by atoms with E-state index in [0.717, 1.165) is 32.1 Å². The Kier molecular flexibility index (Phi) is 4.54. The van der Waals surface area contributed by atoms with Gasteiger partial charge in [-0.25, -0.2) is 0 Å². The number of fused-ring (bicyclic) bond motifs is 1. The average Bonchev–Trinajstić information content (AvgIpc) is 2.34. The molecule has 2 nitrogen and oxygen atoms in total. The summed E-state index contributed by atoms with van der Waals surface area (Å²) in [5.74, 6) is 0.482. The van der Waals surface area contributed by atoms with Gasteiger partial charge in [0.1, 0.15) is 6.04 Å². The van der Waals surface area contributed by atoms with Crippen molar-refractivity contribution in [2.45, 2.75) is 63.2 Å². The van der Waals surface area contributed by atoms with Gasteiger partial charge in [0, 0.05) is 6.04 Å². The van der Waals surface area contributed by atoms with Crippen LogP contribution in [0, 0.1) is 5.92 Å². The molecule has 1 aliphatic heterocycles. The Balaban J connectivity index is 2.12. The van der Waals surface area contributed by atoms with Crippen LogP contribution in [0.5, 0.6) is 0 Å². The highest BCUT2D eigenvalue weighted by atomic mass is 19.4. The van der Waals surface area contributed by atoms with Gasteiger partial charge in [-0.1, -0.05) is 12.8 Å². The summed E-state index contributed by atoms with van der Waals surface area (Å²) in [6.45, 7) is 0.698. The summed E-state index contributed by atoms with van der Waals surface area (Å²) in [5.41, 5.74) is 5.37. The van der Waals surface area contributed by atoms with Crippen molar-refractivity contribution in [3.63, 3.8) is 0 Å². The largest absolute Gasteiger partial charge is 0.404 e. The molecule has 1 unspecified atom stereocenters. The SMILES string of the molecule is NCCC(N1CCC[C@H]2CCCC[C@H]21)C(F)(F)F. The van der Waals surface area contributed by atoms with Crippen LogP contribution in [0.25, 0.3) is 0 Å². The van der Waals surface area contributed by atoms with Gasteiger partial charge in [-0.15, -0.1) is 0 Å². The summed E-state index contributed by atoms with van der Waals surface area (Å²) >= 11 is 0. The lowest BCUT2D eigenvalue weighted by Gasteiger charge is -2.48. The van der Waals surface area contributed by atoms with Crippen molar-refractivity contribution in [2.75, 3.05) is 13.1 Å². The monoisotopic (exact) mass is 264 g/mol. The minimum atomic E-state index is -4.14. The van der Waals surface area contributed by atoms with E-state index in [0.29, 0.717) is 12.5 Å². The fourth-order valence-electron chi connectivity index (χ4n) is 3.73. The first-order valence-electron chi connectivity index (χ1n) is 7.06. The zero-order chi connectivity index (χ0) is 13.2. The third-order valence-electron chi connectivity index (χ3n) is 4.50. The zero-order valence-electron chi connectivity index (χ0n) is 10.8. The Morgan fingerprint density at radius 3 is 2.44 bits per heavy atom. The topological polar surface area (TPSA) is 29.3 Å². The van der Waals surface area contributed by atoms with Crippen LogP contribution in [0.15, 0.2) is 0 Å². The van der Waals surface area contributed by atoms with E-state index in [9.17, 15) is 13.2 Å². The summed E-state index contributed by atoms with van der Waals surface area (Å²) < 4.78 is 39.5. The second-order valence-corrected chi connectivity index (χ2v) is 5.63. The number of nitrogens with zero attached hydrogens (tertiary/aromatic N) is 1. The molecule has 0 amide bonds. The van der Waals surface area contributed by atoms with Crippen LogP contribution in [-0.4, -0.2) is 36.2 Å². The molecule has 0 aromatic carbocycles. The smallest absolute Gasteiger partial charge is 0.330 e. The number of piperidine rings is 1. The lowest BCUT2D eigenvalue weighted by molar-refractivity contribution is -0.199. The van der Waals surface area contributed by atoms with Gasteiger partial charge in [0.05, 0.1) is 0 Å². The molecule has 0 bridgehead atoms. The highest BCUT2D eigenvalue weighted by molar-refractivity contribution is 4.92. The van der Waals surface area contributed by atoms with Gasteiger partial charge < -0.3 is 5.73 Å². The van der Waals surface area contributed by atoms with Crippen LogP contribution >= 0.6 is 0 Å². The molecule has 0 aromatic heterocycles. The minimum absolute atomic E-state index is 0.0344. The highest BCUT2D eigenvalue weighted by Crippen LogP contribution is 2.39. The fourth-order valence-corrected chi connectivity index (χ4v) is 3.73. The lowest BCUT2D eigenvalue weighted by Crippen LogP contribution is -2.56. The summed E-state index contributed by atoms with van der Waals surface area (Å²) in [6, 6.07) is -1.18. The van der Waals surface area contributed by atoms with Crippen molar-refractivity contribution >= 4 is 0 Å². The molecule has 106 valence electrons. The zero-order valence-corrected chi connectivity index (χ0v) is 10.8. The Labute approximate surface area is 107 Å². The van der Waals surface area contributed by atoms with Crippen LogP contribution in [0.4, 0.5) is 13.2 Å². The molecule has 3 atom stereocenters. The maximum atomic E-state index is 13.2. The Morgan fingerprint density at radius 1 is 1.11 bits per heavy atom. The normalized spacial score (nSPS) is 32.0. The second-order valence-electron chi connectivity index (χ2n) is 5.63. The maximum Gasteiger partial charge on any atom is 0.404 e. The summed E-state index contributed by atoms with van der Waals surface area (Å²) in [6.07, 6.45) is 2.20. The first kappa shape index (κ1) is 14.1. The Hall–Kier alpha value is -0.290. The average molecular weight is 264 g/mol. The van der Waals surface area contributed by atoms with Gasteiger partial charge in [0.25, 0.3) is 0 Å². The number of hydrogen-bond donors (Lipinski definition) is 1. The number of nitrogens with two attached hydrogens (primary N) is 1. The van der Waals surface area contributed by atoms with Gasteiger partial charge >= 0.3 is 6.18 Å². The molecular formula is C13H23F3N2. The first-order valence-corrected chi connectivity index (χ1v) is 7.06. The van der Waals surface area contributed by atoms with Crippen molar-refractivity contribution in [2.24, 2.45) is 11.7 Å². The minimum Gasteiger partial charge on any atom is -0.330 e. The van der Waals surface area contributed by atoms with Gasteiger partial charge in [-0.05, 0) is 51.1 Å². The molecule has 0 spiro atoms. The molecule has 1 heterocycles. The molecule has 1 saturated carbocycles. The van der Waals surface area contributed by atoms with E-state index in [1.807, 2.05) is 0 Å². The number of halogens is 3. The molecule has 18 heavy (non-hydrogen) atoms. The number of hydrogen-bond acceptors (Lipinski definition) is 2. The Bertz CT molecular complexity index is 265. The standard InChI is InChI=1S/C13H23F3N2/c14-13(15,16)12(7-8-17)18-9-3-5-10-4-1-2-6-11(10)18/h10-12H,1-9,17H2/t10-,11-,12?/m1/s1. The number of rotatable bonds is 3. The first-order chi connectivity index (χ1) is 8.54. The van der Waals surface area contributed by atoms with Crippen LogP contribution in [0.1, 0.15) is 44.9 Å². The van der Waals surface area contributed by atoms with E-state index in [1.165, 1.54) is 6.42 Å². The maximum absolute atomic E-state index is 13.2. The molecule has 5 heteroatoms. The predicted octanol–water partition coefficient (Wildman–Crippen LogP) is 2.92. The van der Waals surface area contributed by atoms with Gasteiger partial charge in [0.2, 0.25) is 0 Å². The quantitative estimate of drug-likeness (QED) is 0.849. The molecule has 2 N–H and O–H groups in total. The van der Waals surface area contributed by atoms with Crippen molar-refractivity contribution < 1.29 is 13.2 Å². The van der Waals surface area contributed by atoms with Crippen LogP contribution < -0.4 is 5.73 Å². The van der Waals surface area contributed by atoms with E-state index in [1.54, 1.807) is 4.90 Å². The molecule has 0 aromatic rings. The molecule has 2 rings (SSSR count). The van der Waals surface area contributed by atoms with Crippen molar-refractivity contribution in [1.29, 1.82) is 0 Å². The second kappa shape index (κ2) is 5.78. The summed E-state index contributed by atoms with van der Waals surface area (Å²) in [5, 5.41) is 0. The molecule has 1 aliphatic carbocycles.